The molecule has 1 saturated heterocycles. The van der Waals surface area contributed by atoms with E-state index in [0.717, 1.165) is 43.3 Å². The van der Waals surface area contributed by atoms with E-state index in [1.165, 1.54) is 12.8 Å². The van der Waals surface area contributed by atoms with Gasteiger partial charge in [-0.25, -0.2) is 0 Å². The van der Waals surface area contributed by atoms with E-state index in [-0.39, 0.29) is 0 Å². The maximum Gasteiger partial charge on any atom is 0.194 e. The average Bonchev–Trinajstić information content (AvgIpc) is 2.92. The molecule has 4 atom stereocenters. The first-order valence-electron chi connectivity index (χ1n) is 7.16. The van der Waals surface area contributed by atoms with E-state index in [9.17, 15) is 0 Å². The first kappa shape index (κ1) is 12.7. The zero-order valence-corrected chi connectivity index (χ0v) is 11.7. The highest BCUT2D eigenvalue weighted by Crippen LogP contribution is 2.29. The Bertz CT molecular complexity index is 277. The van der Waals surface area contributed by atoms with Crippen LogP contribution in [0.3, 0.4) is 0 Å². The maximum atomic E-state index is 4.66. The molecule has 1 aliphatic carbocycles. The summed E-state index contributed by atoms with van der Waals surface area (Å²) >= 11 is 0. The Balaban J connectivity index is 1.97. The second-order valence-corrected chi connectivity index (χ2v) is 6.11. The van der Waals surface area contributed by atoms with Crippen LogP contribution in [-0.4, -0.2) is 36.5 Å². The van der Waals surface area contributed by atoms with Crippen molar-refractivity contribution in [3.8, 4) is 0 Å². The minimum Gasteiger partial charge on any atom is -0.353 e. The van der Waals surface area contributed by atoms with Gasteiger partial charge < -0.3 is 10.2 Å². The standard InChI is InChI=1S/C14H27N3/c1-5-15-14(16-13-7-12(13)4)17-8-10(2)6-11(3)9-17/h10-13H,5-9H2,1-4H3,(H,15,16). The van der Waals surface area contributed by atoms with E-state index in [0.29, 0.717) is 6.04 Å². The Hall–Kier alpha value is -0.730. The van der Waals surface area contributed by atoms with Crippen molar-refractivity contribution in [2.45, 2.75) is 46.6 Å². The number of nitrogens with one attached hydrogen (secondary N) is 1. The first-order valence-corrected chi connectivity index (χ1v) is 7.16. The summed E-state index contributed by atoms with van der Waals surface area (Å²) in [6, 6.07) is 0.674. The molecule has 2 fully saturated rings. The molecule has 3 nitrogen and oxygen atoms in total. The zero-order valence-electron chi connectivity index (χ0n) is 11.7. The smallest absolute Gasteiger partial charge is 0.194 e. The SMILES string of the molecule is CCN=C(NC1CC1C)N1CC(C)CC(C)C1. The second-order valence-electron chi connectivity index (χ2n) is 6.11. The molecule has 0 spiro atoms. The third-order valence-electron chi connectivity index (χ3n) is 3.90. The number of piperidine rings is 1. The third kappa shape index (κ3) is 3.36. The van der Waals surface area contributed by atoms with Crippen molar-refractivity contribution < 1.29 is 0 Å². The van der Waals surface area contributed by atoms with Crippen molar-refractivity contribution in [2.24, 2.45) is 22.7 Å². The van der Waals surface area contributed by atoms with Gasteiger partial charge in [0, 0.05) is 25.7 Å². The van der Waals surface area contributed by atoms with E-state index >= 15 is 0 Å². The number of rotatable bonds is 2. The van der Waals surface area contributed by atoms with Gasteiger partial charge in [0.05, 0.1) is 0 Å². The Morgan fingerprint density at radius 2 is 1.76 bits per heavy atom. The largest absolute Gasteiger partial charge is 0.353 e. The Kier molecular flexibility index (Phi) is 3.95. The minimum absolute atomic E-state index is 0.674. The fourth-order valence-corrected chi connectivity index (χ4v) is 2.91. The van der Waals surface area contributed by atoms with Crippen molar-refractivity contribution in [1.82, 2.24) is 10.2 Å². The number of guanidine groups is 1. The first-order chi connectivity index (χ1) is 8.10. The highest BCUT2D eigenvalue weighted by molar-refractivity contribution is 5.80. The molecule has 2 aliphatic rings. The van der Waals surface area contributed by atoms with Gasteiger partial charge >= 0.3 is 0 Å². The lowest BCUT2D eigenvalue weighted by atomic mass is 9.92. The van der Waals surface area contributed by atoms with Crippen LogP contribution in [0.5, 0.6) is 0 Å². The highest BCUT2D eigenvalue weighted by atomic mass is 15.3. The van der Waals surface area contributed by atoms with E-state index in [1.807, 2.05) is 0 Å². The van der Waals surface area contributed by atoms with Crippen LogP contribution >= 0.6 is 0 Å². The fraction of sp³-hybridized carbons (Fsp3) is 0.929. The minimum atomic E-state index is 0.674. The van der Waals surface area contributed by atoms with Crippen LogP contribution < -0.4 is 5.32 Å². The fourth-order valence-electron chi connectivity index (χ4n) is 2.91. The van der Waals surface area contributed by atoms with E-state index in [1.54, 1.807) is 0 Å². The maximum absolute atomic E-state index is 4.66. The molecule has 98 valence electrons. The van der Waals surface area contributed by atoms with Gasteiger partial charge in [0.15, 0.2) is 5.96 Å². The predicted octanol–water partition coefficient (Wildman–Crippen LogP) is 2.34. The lowest BCUT2D eigenvalue weighted by molar-refractivity contribution is 0.208. The summed E-state index contributed by atoms with van der Waals surface area (Å²) in [6.07, 6.45) is 2.66. The van der Waals surface area contributed by atoms with E-state index in [2.05, 4.69) is 42.9 Å². The summed E-state index contributed by atoms with van der Waals surface area (Å²) < 4.78 is 0. The molecule has 17 heavy (non-hydrogen) atoms. The number of likely N-dealkylation sites (tertiary alicyclic amines) is 1. The molecule has 3 heteroatoms. The molecule has 2 rings (SSSR count). The molecular weight excluding hydrogens is 210 g/mol. The highest BCUT2D eigenvalue weighted by Gasteiger charge is 2.35. The van der Waals surface area contributed by atoms with E-state index < -0.39 is 0 Å². The molecule has 0 aromatic rings. The molecule has 1 N–H and O–H groups in total. The van der Waals surface area contributed by atoms with Gasteiger partial charge in [-0.2, -0.15) is 0 Å². The predicted molar refractivity (Wildman–Crippen MR) is 73.2 cm³/mol. The quantitative estimate of drug-likeness (QED) is 0.589. The molecule has 0 aromatic heterocycles. The van der Waals surface area contributed by atoms with Crippen LogP contribution in [0.15, 0.2) is 4.99 Å². The van der Waals surface area contributed by atoms with Gasteiger partial charge in [0.25, 0.3) is 0 Å². The molecular formula is C14H27N3. The summed E-state index contributed by atoms with van der Waals surface area (Å²) in [5.41, 5.74) is 0. The topological polar surface area (TPSA) is 27.6 Å². The van der Waals surface area contributed by atoms with Crippen molar-refractivity contribution in [1.29, 1.82) is 0 Å². The van der Waals surface area contributed by atoms with Gasteiger partial charge in [-0.3, -0.25) is 4.99 Å². The summed E-state index contributed by atoms with van der Waals surface area (Å²) in [7, 11) is 0. The van der Waals surface area contributed by atoms with Gasteiger partial charge in [-0.15, -0.1) is 0 Å². The van der Waals surface area contributed by atoms with Gasteiger partial charge in [0.2, 0.25) is 0 Å². The third-order valence-corrected chi connectivity index (χ3v) is 3.90. The Labute approximate surface area is 106 Å². The summed E-state index contributed by atoms with van der Waals surface area (Å²) in [5.74, 6) is 3.57. The van der Waals surface area contributed by atoms with Crippen molar-refractivity contribution >= 4 is 5.96 Å². The lowest BCUT2D eigenvalue weighted by Gasteiger charge is -2.37. The summed E-state index contributed by atoms with van der Waals surface area (Å²) in [4.78, 5) is 7.13. The van der Waals surface area contributed by atoms with E-state index in [4.69, 9.17) is 0 Å². The molecule has 1 aliphatic heterocycles. The molecule has 4 unspecified atom stereocenters. The Morgan fingerprint density at radius 1 is 1.18 bits per heavy atom. The summed E-state index contributed by atoms with van der Waals surface area (Å²) in [5, 5.41) is 3.63. The number of hydrogen-bond acceptors (Lipinski definition) is 1. The number of aliphatic imine (C=N–C) groups is 1. The number of hydrogen-bond donors (Lipinski definition) is 1. The lowest BCUT2D eigenvalue weighted by Crippen LogP contribution is -2.49. The van der Waals surface area contributed by atoms with Crippen LogP contribution in [0, 0.1) is 17.8 Å². The van der Waals surface area contributed by atoms with Crippen LogP contribution in [0.2, 0.25) is 0 Å². The van der Waals surface area contributed by atoms with Crippen LogP contribution in [-0.2, 0) is 0 Å². The number of nitrogens with zero attached hydrogens (tertiary/aromatic N) is 2. The molecule has 1 saturated carbocycles. The van der Waals surface area contributed by atoms with Crippen molar-refractivity contribution in [2.75, 3.05) is 19.6 Å². The molecule has 0 aromatic carbocycles. The van der Waals surface area contributed by atoms with Gasteiger partial charge in [0.1, 0.15) is 0 Å². The van der Waals surface area contributed by atoms with Crippen LogP contribution in [0.25, 0.3) is 0 Å². The zero-order chi connectivity index (χ0) is 12.4. The monoisotopic (exact) mass is 237 g/mol. The molecule has 0 amide bonds. The molecule has 0 bridgehead atoms. The molecule has 0 radical (unpaired) electrons. The normalized spacial score (nSPS) is 38.1. The second kappa shape index (κ2) is 5.28. The van der Waals surface area contributed by atoms with Crippen LogP contribution in [0.1, 0.15) is 40.5 Å². The van der Waals surface area contributed by atoms with Crippen LogP contribution in [0.4, 0.5) is 0 Å². The summed E-state index contributed by atoms with van der Waals surface area (Å²) in [6.45, 7) is 12.3. The Morgan fingerprint density at radius 3 is 2.24 bits per heavy atom. The van der Waals surface area contributed by atoms with Gasteiger partial charge in [-0.05, 0) is 37.5 Å². The average molecular weight is 237 g/mol. The van der Waals surface area contributed by atoms with Crippen molar-refractivity contribution in [3.05, 3.63) is 0 Å². The van der Waals surface area contributed by atoms with Gasteiger partial charge in [-0.1, -0.05) is 20.8 Å². The van der Waals surface area contributed by atoms with Crippen molar-refractivity contribution in [3.63, 3.8) is 0 Å². The molecule has 1 heterocycles.